The van der Waals surface area contributed by atoms with Gasteiger partial charge in [-0.3, -0.25) is 9.69 Å². The molecule has 1 aromatic heterocycles. The van der Waals surface area contributed by atoms with Crippen LogP contribution in [0.1, 0.15) is 41.9 Å². The molecule has 1 amide bonds. The Morgan fingerprint density at radius 2 is 2.12 bits per heavy atom. The molecule has 1 aromatic carbocycles. The lowest BCUT2D eigenvalue weighted by Gasteiger charge is -2.33. The summed E-state index contributed by atoms with van der Waals surface area (Å²) in [6.45, 7) is 3.11. The molecule has 2 aliphatic rings. The lowest BCUT2D eigenvalue weighted by atomic mass is 10.1. The van der Waals surface area contributed by atoms with Crippen molar-refractivity contribution in [1.29, 1.82) is 0 Å². The van der Waals surface area contributed by atoms with Crippen LogP contribution < -0.4 is 5.32 Å². The normalized spacial score (nSPS) is 21.2. The third-order valence-corrected chi connectivity index (χ3v) is 5.59. The van der Waals surface area contributed by atoms with E-state index < -0.39 is 0 Å². The summed E-state index contributed by atoms with van der Waals surface area (Å²) in [5.74, 6) is 0.577. The first-order chi connectivity index (χ1) is 12.3. The van der Waals surface area contributed by atoms with E-state index in [0.717, 1.165) is 24.6 Å². The summed E-state index contributed by atoms with van der Waals surface area (Å²) in [7, 11) is 0. The molecule has 25 heavy (non-hydrogen) atoms. The third kappa shape index (κ3) is 4.42. The Hall–Kier alpha value is -1.83. The van der Waals surface area contributed by atoms with E-state index >= 15 is 0 Å². The molecule has 1 atom stereocenters. The first-order valence-electron chi connectivity index (χ1n) is 8.80. The van der Waals surface area contributed by atoms with Crippen molar-refractivity contribution in [2.24, 2.45) is 0 Å². The predicted octanol–water partition coefficient (Wildman–Crippen LogP) is 2.82. The minimum Gasteiger partial charge on any atom is -0.371 e. The van der Waals surface area contributed by atoms with Crippen LogP contribution in [-0.2, 0) is 9.53 Å². The third-order valence-electron chi connectivity index (χ3n) is 4.59. The van der Waals surface area contributed by atoms with Crippen molar-refractivity contribution in [3.8, 4) is 0 Å². The van der Waals surface area contributed by atoms with Gasteiger partial charge in [0.25, 0.3) is 0 Å². The number of carbonyl (C=O) groups excluding carboxylic acids is 1. The molecule has 132 valence electrons. The molecule has 7 heteroatoms. The summed E-state index contributed by atoms with van der Waals surface area (Å²) in [6.07, 6.45) is 2.94. The second kappa shape index (κ2) is 7.59. The van der Waals surface area contributed by atoms with E-state index in [1.165, 1.54) is 29.7 Å². The molecule has 1 saturated carbocycles. The SMILES string of the molecule is O=C(CCN1CCOC(c2ccccc2)C1)Nc1nnc(C2CC2)s1. The number of hydrogen-bond acceptors (Lipinski definition) is 6. The molecule has 1 unspecified atom stereocenters. The van der Waals surface area contributed by atoms with Gasteiger partial charge in [0.2, 0.25) is 11.0 Å². The van der Waals surface area contributed by atoms with Crippen LogP contribution in [0.4, 0.5) is 5.13 Å². The maximum Gasteiger partial charge on any atom is 0.227 e. The summed E-state index contributed by atoms with van der Waals surface area (Å²) in [5, 5.41) is 12.8. The molecular formula is C18H22N4O2S. The van der Waals surface area contributed by atoms with Crippen LogP contribution in [0.5, 0.6) is 0 Å². The number of aromatic nitrogens is 2. The van der Waals surface area contributed by atoms with Crippen LogP contribution in [0.3, 0.4) is 0 Å². The van der Waals surface area contributed by atoms with E-state index in [4.69, 9.17) is 4.74 Å². The van der Waals surface area contributed by atoms with Crippen molar-refractivity contribution >= 4 is 22.4 Å². The number of amides is 1. The number of morpholine rings is 1. The number of nitrogens with one attached hydrogen (secondary N) is 1. The predicted molar refractivity (Wildman–Crippen MR) is 96.7 cm³/mol. The maximum absolute atomic E-state index is 12.2. The topological polar surface area (TPSA) is 67.3 Å². The van der Waals surface area contributed by atoms with Crippen molar-refractivity contribution < 1.29 is 9.53 Å². The van der Waals surface area contributed by atoms with Crippen LogP contribution in [0, 0.1) is 0 Å². The van der Waals surface area contributed by atoms with E-state index in [-0.39, 0.29) is 12.0 Å². The average Bonchev–Trinajstić information content (AvgIpc) is 3.41. The molecule has 0 radical (unpaired) electrons. The standard InChI is InChI=1S/C18H22N4O2S/c23-16(19-18-21-20-17(25-18)14-6-7-14)8-9-22-10-11-24-15(12-22)13-4-2-1-3-5-13/h1-5,14-15H,6-12H2,(H,19,21,23). The van der Waals surface area contributed by atoms with Gasteiger partial charge in [0.15, 0.2) is 0 Å². The fourth-order valence-electron chi connectivity index (χ4n) is 3.00. The molecule has 1 saturated heterocycles. The molecule has 1 aliphatic carbocycles. The van der Waals surface area contributed by atoms with Crippen LogP contribution in [-0.4, -0.2) is 47.2 Å². The second-order valence-electron chi connectivity index (χ2n) is 6.59. The highest BCUT2D eigenvalue weighted by Gasteiger charge is 2.28. The van der Waals surface area contributed by atoms with Gasteiger partial charge in [0.05, 0.1) is 12.7 Å². The Morgan fingerprint density at radius 3 is 2.92 bits per heavy atom. The largest absolute Gasteiger partial charge is 0.371 e. The zero-order valence-corrected chi connectivity index (χ0v) is 14.9. The summed E-state index contributed by atoms with van der Waals surface area (Å²) in [4.78, 5) is 14.5. The molecule has 6 nitrogen and oxygen atoms in total. The van der Waals surface area contributed by atoms with Gasteiger partial charge in [-0.15, -0.1) is 10.2 Å². The molecule has 0 spiro atoms. The Kier molecular flexibility index (Phi) is 5.05. The van der Waals surface area contributed by atoms with Gasteiger partial charge in [-0.1, -0.05) is 41.7 Å². The zero-order chi connectivity index (χ0) is 17.1. The maximum atomic E-state index is 12.2. The smallest absolute Gasteiger partial charge is 0.227 e. The average molecular weight is 358 g/mol. The number of hydrogen-bond donors (Lipinski definition) is 1. The van der Waals surface area contributed by atoms with E-state index in [9.17, 15) is 4.79 Å². The van der Waals surface area contributed by atoms with Crippen LogP contribution >= 0.6 is 11.3 Å². The van der Waals surface area contributed by atoms with Crippen LogP contribution in [0.15, 0.2) is 30.3 Å². The highest BCUT2D eigenvalue weighted by Crippen LogP contribution is 2.42. The van der Waals surface area contributed by atoms with Crippen molar-refractivity contribution in [1.82, 2.24) is 15.1 Å². The summed E-state index contributed by atoms with van der Waals surface area (Å²) >= 11 is 1.50. The number of nitrogens with zero attached hydrogens (tertiary/aromatic N) is 3. The minimum atomic E-state index is 0.00116. The highest BCUT2D eigenvalue weighted by molar-refractivity contribution is 7.15. The first-order valence-corrected chi connectivity index (χ1v) is 9.62. The fraction of sp³-hybridized carbons (Fsp3) is 0.500. The number of rotatable bonds is 6. The molecule has 4 rings (SSSR count). The first kappa shape index (κ1) is 16.6. The van der Waals surface area contributed by atoms with Gasteiger partial charge >= 0.3 is 0 Å². The van der Waals surface area contributed by atoms with Crippen LogP contribution in [0.2, 0.25) is 0 Å². The van der Waals surface area contributed by atoms with Gasteiger partial charge in [-0.2, -0.15) is 0 Å². The van der Waals surface area contributed by atoms with Crippen LogP contribution in [0.25, 0.3) is 0 Å². The van der Waals surface area contributed by atoms with Crippen molar-refractivity contribution in [3.05, 3.63) is 40.9 Å². The Morgan fingerprint density at radius 1 is 1.28 bits per heavy atom. The lowest BCUT2D eigenvalue weighted by molar-refractivity contribution is -0.117. The van der Waals surface area contributed by atoms with E-state index in [0.29, 0.717) is 24.1 Å². The molecule has 1 N–H and O–H groups in total. The van der Waals surface area contributed by atoms with E-state index in [2.05, 4.69) is 32.5 Å². The summed E-state index contributed by atoms with van der Waals surface area (Å²) in [5.41, 5.74) is 1.19. The lowest BCUT2D eigenvalue weighted by Crippen LogP contribution is -2.39. The van der Waals surface area contributed by atoms with Crippen molar-refractivity contribution in [2.75, 3.05) is 31.6 Å². The van der Waals surface area contributed by atoms with Crippen molar-refractivity contribution in [2.45, 2.75) is 31.3 Å². The summed E-state index contributed by atoms with van der Waals surface area (Å²) in [6, 6.07) is 10.3. The molecule has 0 bridgehead atoms. The molecular weight excluding hydrogens is 336 g/mol. The summed E-state index contributed by atoms with van der Waals surface area (Å²) < 4.78 is 5.87. The Labute approximate surface area is 151 Å². The van der Waals surface area contributed by atoms with E-state index in [1.54, 1.807) is 0 Å². The van der Waals surface area contributed by atoms with Gasteiger partial charge in [-0.05, 0) is 18.4 Å². The number of anilines is 1. The molecule has 2 fully saturated rings. The van der Waals surface area contributed by atoms with Gasteiger partial charge in [0, 0.05) is 32.0 Å². The Bertz CT molecular complexity index is 717. The zero-order valence-electron chi connectivity index (χ0n) is 14.1. The number of ether oxygens (including phenoxy) is 1. The monoisotopic (exact) mass is 358 g/mol. The van der Waals surface area contributed by atoms with Crippen molar-refractivity contribution in [3.63, 3.8) is 0 Å². The number of benzene rings is 1. The highest BCUT2D eigenvalue weighted by atomic mass is 32.1. The minimum absolute atomic E-state index is 0.00116. The second-order valence-corrected chi connectivity index (χ2v) is 7.60. The fourth-order valence-corrected chi connectivity index (χ4v) is 3.93. The molecule has 2 aromatic rings. The number of carbonyl (C=O) groups is 1. The quantitative estimate of drug-likeness (QED) is 0.860. The van der Waals surface area contributed by atoms with E-state index in [1.807, 2.05) is 18.2 Å². The van der Waals surface area contributed by atoms with Gasteiger partial charge < -0.3 is 10.1 Å². The Balaban J connectivity index is 1.25. The van der Waals surface area contributed by atoms with Gasteiger partial charge in [-0.25, -0.2) is 0 Å². The van der Waals surface area contributed by atoms with Gasteiger partial charge in [0.1, 0.15) is 5.01 Å². The molecule has 2 heterocycles. The molecule has 1 aliphatic heterocycles.